The van der Waals surface area contributed by atoms with Crippen molar-refractivity contribution < 1.29 is 9.47 Å². The number of nitrogen functional groups attached to an aromatic ring is 2. The van der Waals surface area contributed by atoms with E-state index in [0.717, 1.165) is 4.90 Å². The zero-order chi connectivity index (χ0) is 11.0. The van der Waals surface area contributed by atoms with Gasteiger partial charge in [0.15, 0.2) is 5.75 Å². The second-order valence-corrected chi connectivity index (χ2v) is 4.46. The minimum Gasteiger partial charge on any atom is -0.494 e. The Labute approximate surface area is 91.9 Å². The van der Waals surface area contributed by atoms with Crippen LogP contribution in [-0.2, 0) is 0 Å². The Kier molecular flexibility index (Phi) is 2.54. The molecule has 1 aliphatic heterocycles. The largest absolute Gasteiger partial charge is 0.494 e. The third kappa shape index (κ3) is 1.66. The third-order valence-corrected chi connectivity index (χ3v) is 3.24. The Bertz CT molecular complexity index is 397. The van der Waals surface area contributed by atoms with Crippen LogP contribution in [0.4, 0.5) is 11.4 Å². The van der Waals surface area contributed by atoms with Crippen molar-refractivity contribution in [3.63, 3.8) is 0 Å². The molecule has 0 saturated heterocycles. The summed E-state index contributed by atoms with van der Waals surface area (Å²) in [5.74, 6) is 1.11. The maximum Gasteiger partial charge on any atom is 0.161 e. The molecule has 0 saturated carbocycles. The SMILES string of the molecule is COc1cc(N)c2c(c1N)OCC(N)S2. The Morgan fingerprint density at radius 1 is 1.53 bits per heavy atom. The molecule has 6 heteroatoms. The lowest BCUT2D eigenvalue weighted by Crippen LogP contribution is -2.28. The van der Waals surface area contributed by atoms with Crippen LogP contribution in [0.15, 0.2) is 11.0 Å². The zero-order valence-corrected chi connectivity index (χ0v) is 9.14. The quantitative estimate of drug-likeness (QED) is 0.609. The van der Waals surface area contributed by atoms with Crippen molar-refractivity contribution in [1.82, 2.24) is 0 Å². The topological polar surface area (TPSA) is 96.5 Å². The molecule has 5 nitrogen and oxygen atoms in total. The Morgan fingerprint density at radius 3 is 2.93 bits per heavy atom. The van der Waals surface area contributed by atoms with Gasteiger partial charge in [-0.05, 0) is 0 Å². The van der Waals surface area contributed by atoms with E-state index in [0.29, 0.717) is 29.5 Å². The number of rotatable bonds is 1. The van der Waals surface area contributed by atoms with Crippen molar-refractivity contribution in [3.05, 3.63) is 6.07 Å². The molecule has 0 radical (unpaired) electrons. The second kappa shape index (κ2) is 3.71. The molecule has 0 aromatic heterocycles. The van der Waals surface area contributed by atoms with Crippen LogP contribution >= 0.6 is 11.8 Å². The van der Waals surface area contributed by atoms with Crippen LogP contribution in [-0.4, -0.2) is 19.1 Å². The molecule has 0 bridgehead atoms. The van der Waals surface area contributed by atoms with Gasteiger partial charge in [-0.25, -0.2) is 0 Å². The number of ether oxygens (including phenoxy) is 2. The molecular weight excluding hydrogens is 214 g/mol. The van der Waals surface area contributed by atoms with E-state index in [1.165, 1.54) is 11.8 Å². The van der Waals surface area contributed by atoms with Crippen LogP contribution in [0.3, 0.4) is 0 Å². The molecule has 1 atom stereocenters. The number of benzene rings is 1. The third-order valence-electron chi connectivity index (χ3n) is 2.15. The summed E-state index contributed by atoms with van der Waals surface area (Å²) in [6.07, 6.45) is 0. The summed E-state index contributed by atoms with van der Waals surface area (Å²) in [7, 11) is 1.54. The highest BCUT2D eigenvalue weighted by Crippen LogP contribution is 2.47. The standard InChI is InChI=1S/C9H13N3O2S/c1-13-5-2-4(10)9-8(7(5)12)14-3-6(11)15-9/h2,6H,3,10-12H2,1H3. The predicted molar refractivity (Wildman–Crippen MR) is 61.1 cm³/mol. The molecule has 1 aromatic rings. The van der Waals surface area contributed by atoms with Crippen LogP contribution in [0, 0.1) is 0 Å². The Hall–Kier alpha value is -1.27. The lowest BCUT2D eigenvalue weighted by Gasteiger charge is -2.25. The van der Waals surface area contributed by atoms with E-state index < -0.39 is 0 Å². The van der Waals surface area contributed by atoms with Crippen LogP contribution in [0.2, 0.25) is 0 Å². The second-order valence-electron chi connectivity index (χ2n) is 3.21. The molecule has 1 aromatic carbocycles. The lowest BCUT2D eigenvalue weighted by molar-refractivity contribution is 0.304. The first kappa shape index (κ1) is 10.3. The number of nitrogens with two attached hydrogens (primary N) is 3. The van der Waals surface area contributed by atoms with E-state index in [1.54, 1.807) is 13.2 Å². The predicted octanol–water partition coefficient (Wildman–Crippen LogP) is 0.629. The summed E-state index contributed by atoms with van der Waals surface area (Å²) in [5, 5.41) is -0.104. The smallest absolute Gasteiger partial charge is 0.161 e. The summed E-state index contributed by atoms with van der Waals surface area (Å²) in [6.45, 7) is 0.425. The van der Waals surface area contributed by atoms with E-state index in [2.05, 4.69) is 0 Å². The van der Waals surface area contributed by atoms with Gasteiger partial charge in [0.05, 0.1) is 23.1 Å². The normalized spacial score (nSPS) is 19.2. The van der Waals surface area contributed by atoms with Gasteiger partial charge in [-0.2, -0.15) is 0 Å². The molecular formula is C9H13N3O2S. The summed E-state index contributed by atoms with van der Waals surface area (Å²) in [5.41, 5.74) is 18.5. The first-order valence-corrected chi connectivity index (χ1v) is 5.32. The van der Waals surface area contributed by atoms with Crippen LogP contribution in [0.25, 0.3) is 0 Å². The average Bonchev–Trinajstić information content (AvgIpc) is 2.23. The number of hydrogen-bond donors (Lipinski definition) is 3. The molecule has 0 spiro atoms. The first-order chi connectivity index (χ1) is 7.13. The molecule has 1 heterocycles. The highest BCUT2D eigenvalue weighted by atomic mass is 32.2. The Balaban J connectivity index is 2.54. The summed E-state index contributed by atoms with van der Waals surface area (Å²) >= 11 is 1.46. The highest BCUT2D eigenvalue weighted by Gasteiger charge is 2.24. The molecule has 0 amide bonds. The maximum atomic E-state index is 5.87. The number of anilines is 2. The molecule has 0 aliphatic carbocycles. The maximum absolute atomic E-state index is 5.87. The lowest BCUT2D eigenvalue weighted by atomic mass is 10.2. The van der Waals surface area contributed by atoms with Crippen LogP contribution < -0.4 is 26.7 Å². The van der Waals surface area contributed by atoms with E-state index >= 15 is 0 Å². The van der Waals surface area contributed by atoms with Gasteiger partial charge < -0.3 is 26.7 Å². The fraction of sp³-hybridized carbons (Fsp3) is 0.333. The van der Waals surface area contributed by atoms with Gasteiger partial charge in [0, 0.05) is 6.07 Å². The van der Waals surface area contributed by atoms with E-state index in [4.69, 9.17) is 26.7 Å². The molecule has 2 rings (SSSR count). The van der Waals surface area contributed by atoms with E-state index in [-0.39, 0.29) is 5.37 Å². The van der Waals surface area contributed by atoms with Crippen LogP contribution in [0.1, 0.15) is 0 Å². The zero-order valence-electron chi connectivity index (χ0n) is 8.32. The van der Waals surface area contributed by atoms with Gasteiger partial charge in [-0.15, -0.1) is 0 Å². The number of methoxy groups -OCH3 is 1. The van der Waals surface area contributed by atoms with Crippen molar-refractivity contribution in [2.45, 2.75) is 10.3 Å². The van der Waals surface area contributed by atoms with Crippen molar-refractivity contribution in [3.8, 4) is 11.5 Å². The van der Waals surface area contributed by atoms with E-state index in [1.807, 2.05) is 0 Å². The average molecular weight is 227 g/mol. The number of fused-ring (bicyclic) bond motifs is 1. The van der Waals surface area contributed by atoms with Gasteiger partial charge in [0.25, 0.3) is 0 Å². The van der Waals surface area contributed by atoms with Crippen molar-refractivity contribution in [2.75, 3.05) is 25.2 Å². The van der Waals surface area contributed by atoms with Gasteiger partial charge in [-0.3, -0.25) is 0 Å². The van der Waals surface area contributed by atoms with E-state index in [9.17, 15) is 0 Å². The monoisotopic (exact) mass is 227 g/mol. The molecule has 0 fully saturated rings. The van der Waals surface area contributed by atoms with Crippen molar-refractivity contribution in [2.24, 2.45) is 5.73 Å². The Morgan fingerprint density at radius 2 is 2.27 bits per heavy atom. The molecule has 1 unspecified atom stereocenters. The molecule has 15 heavy (non-hydrogen) atoms. The highest BCUT2D eigenvalue weighted by molar-refractivity contribution is 8.00. The molecule has 1 aliphatic rings. The van der Waals surface area contributed by atoms with Gasteiger partial charge >= 0.3 is 0 Å². The summed E-state index contributed by atoms with van der Waals surface area (Å²) in [6, 6.07) is 1.68. The number of thioether (sulfide) groups is 1. The summed E-state index contributed by atoms with van der Waals surface area (Å²) in [4.78, 5) is 0.798. The number of hydrogen-bond acceptors (Lipinski definition) is 6. The minimum atomic E-state index is -0.104. The van der Waals surface area contributed by atoms with Gasteiger partial charge in [-0.1, -0.05) is 11.8 Å². The fourth-order valence-corrected chi connectivity index (χ4v) is 2.34. The van der Waals surface area contributed by atoms with Crippen molar-refractivity contribution >= 4 is 23.1 Å². The van der Waals surface area contributed by atoms with Gasteiger partial charge in [0.2, 0.25) is 0 Å². The molecule has 82 valence electrons. The molecule has 6 N–H and O–H groups in total. The minimum absolute atomic E-state index is 0.104. The fourth-order valence-electron chi connectivity index (χ4n) is 1.43. The summed E-state index contributed by atoms with van der Waals surface area (Å²) < 4.78 is 10.6. The van der Waals surface area contributed by atoms with Crippen LogP contribution in [0.5, 0.6) is 11.5 Å². The van der Waals surface area contributed by atoms with Crippen molar-refractivity contribution in [1.29, 1.82) is 0 Å². The van der Waals surface area contributed by atoms with Gasteiger partial charge in [0.1, 0.15) is 18.0 Å². The first-order valence-electron chi connectivity index (χ1n) is 4.44.